The van der Waals surface area contributed by atoms with Crippen LogP contribution in [0.1, 0.15) is 11.1 Å². The Morgan fingerprint density at radius 1 is 1.11 bits per heavy atom. The molecule has 0 saturated carbocycles. The van der Waals surface area contributed by atoms with Crippen molar-refractivity contribution in [2.45, 2.75) is 23.4 Å². The van der Waals surface area contributed by atoms with E-state index >= 15 is 0 Å². The predicted octanol–water partition coefficient (Wildman–Crippen LogP) is 3.66. The number of non-ortho nitro benzene ring substituents is 1. The Kier molecular flexibility index (Phi) is 5.18. The van der Waals surface area contributed by atoms with E-state index in [1.54, 1.807) is 12.1 Å². The summed E-state index contributed by atoms with van der Waals surface area (Å²) in [5.41, 5.74) is 1.34. The maximum atomic E-state index is 13.0. The highest BCUT2D eigenvalue weighted by molar-refractivity contribution is 7.91. The van der Waals surface area contributed by atoms with E-state index < -0.39 is 19.6 Å². The molecule has 0 atom stereocenters. The van der Waals surface area contributed by atoms with Gasteiger partial charge in [-0.1, -0.05) is 52.8 Å². The smallest absolute Gasteiger partial charge is 0.283 e. The van der Waals surface area contributed by atoms with Crippen molar-refractivity contribution >= 4 is 38.5 Å². The fraction of sp³-hybridized carbons (Fsp3) is 0.118. The molecule has 0 amide bonds. The third kappa shape index (κ3) is 3.80. The summed E-state index contributed by atoms with van der Waals surface area (Å²) in [7, 11) is -4.00. The third-order valence-corrected chi connectivity index (χ3v) is 7.13. The summed E-state index contributed by atoms with van der Waals surface area (Å²) in [6.07, 6.45) is 0. The average molecular weight is 425 g/mol. The molecule has 0 unspecified atom stereocenters. The SMILES string of the molecule is Cc1ccc(S(=O)(=O)c2c(Cl)sc(=O)n2Cc2ccc([N+](=O)[O-])cc2)cc1. The van der Waals surface area contributed by atoms with Gasteiger partial charge in [0.2, 0.25) is 9.84 Å². The van der Waals surface area contributed by atoms with Gasteiger partial charge in [0.25, 0.3) is 5.69 Å². The Balaban J connectivity index is 2.07. The van der Waals surface area contributed by atoms with E-state index in [-0.39, 0.29) is 26.5 Å². The molecule has 0 radical (unpaired) electrons. The minimum Gasteiger partial charge on any atom is -0.283 e. The molecule has 10 heteroatoms. The van der Waals surface area contributed by atoms with Crippen LogP contribution in [-0.4, -0.2) is 17.9 Å². The zero-order valence-corrected chi connectivity index (χ0v) is 16.3. The quantitative estimate of drug-likeness (QED) is 0.459. The molecule has 7 nitrogen and oxygen atoms in total. The van der Waals surface area contributed by atoms with Crippen LogP contribution in [0.2, 0.25) is 4.34 Å². The average Bonchev–Trinajstić information content (AvgIpc) is 2.89. The van der Waals surface area contributed by atoms with Crippen molar-refractivity contribution in [1.29, 1.82) is 0 Å². The summed E-state index contributed by atoms with van der Waals surface area (Å²) in [4.78, 5) is 22.0. The Hall–Kier alpha value is -2.49. The van der Waals surface area contributed by atoms with Crippen molar-refractivity contribution in [1.82, 2.24) is 4.57 Å². The first kappa shape index (κ1) is 19.3. The van der Waals surface area contributed by atoms with Crippen LogP contribution in [-0.2, 0) is 16.4 Å². The molecule has 0 aliphatic heterocycles. The molecular weight excluding hydrogens is 412 g/mol. The highest BCUT2D eigenvalue weighted by Crippen LogP contribution is 2.30. The van der Waals surface area contributed by atoms with Crippen molar-refractivity contribution in [3.63, 3.8) is 0 Å². The summed E-state index contributed by atoms with van der Waals surface area (Å²) < 4.78 is 27.0. The molecule has 0 bridgehead atoms. The number of nitro benzene ring substituents is 1. The van der Waals surface area contributed by atoms with E-state index in [0.29, 0.717) is 16.9 Å². The monoisotopic (exact) mass is 424 g/mol. The van der Waals surface area contributed by atoms with Gasteiger partial charge in [0.15, 0.2) is 5.03 Å². The van der Waals surface area contributed by atoms with Crippen molar-refractivity contribution in [3.8, 4) is 0 Å². The zero-order valence-electron chi connectivity index (χ0n) is 14.0. The number of nitrogens with zero attached hydrogens (tertiary/aromatic N) is 2. The van der Waals surface area contributed by atoms with Gasteiger partial charge in [-0.15, -0.1) is 0 Å². The summed E-state index contributed by atoms with van der Waals surface area (Å²) in [5, 5.41) is 10.5. The van der Waals surface area contributed by atoms with Gasteiger partial charge in [0, 0.05) is 12.1 Å². The number of nitro groups is 1. The molecule has 0 aliphatic rings. The molecule has 0 fully saturated rings. The van der Waals surface area contributed by atoms with Crippen LogP contribution >= 0.6 is 22.9 Å². The third-order valence-electron chi connectivity index (χ3n) is 3.88. The molecular formula is C17H13ClN2O5S2. The molecule has 0 saturated heterocycles. The van der Waals surface area contributed by atoms with E-state index in [0.717, 1.165) is 10.1 Å². The number of benzene rings is 2. The largest absolute Gasteiger partial charge is 0.309 e. The zero-order chi connectivity index (χ0) is 19.8. The highest BCUT2D eigenvalue weighted by atomic mass is 35.5. The number of rotatable bonds is 5. The van der Waals surface area contributed by atoms with Gasteiger partial charge in [-0.25, -0.2) is 8.42 Å². The minimum absolute atomic E-state index is 0.0326. The summed E-state index contributed by atoms with van der Waals surface area (Å²) >= 11 is 6.71. The van der Waals surface area contributed by atoms with Crippen LogP contribution in [0.15, 0.2) is 63.2 Å². The molecule has 0 N–H and O–H groups in total. The van der Waals surface area contributed by atoms with Crippen LogP contribution in [0, 0.1) is 17.0 Å². The molecule has 3 aromatic rings. The standard InChI is InChI=1S/C17H13ClN2O5S2/c1-11-2-8-14(9-3-11)27(24,25)16-15(18)26-17(21)19(16)10-12-4-6-13(7-5-12)20(22)23/h2-9H,10H2,1H3. The molecule has 3 rings (SSSR count). The van der Waals surface area contributed by atoms with Crippen molar-refractivity contribution < 1.29 is 13.3 Å². The van der Waals surface area contributed by atoms with E-state index in [2.05, 4.69) is 0 Å². The van der Waals surface area contributed by atoms with Crippen LogP contribution in [0.5, 0.6) is 0 Å². The molecule has 27 heavy (non-hydrogen) atoms. The summed E-state index contributed by atoms with van der Waals surface area (Å²) in [6.45, 7) is 1.76. The Morgan fingerprint density at radius 2 is 1.70 bits per heavy atom. The first-order valence-electron chi connectivity index (χ1n) is 7.64. The van der Waals surface area contributed by atoms with Gasteiger partial charge in [-0.05, 0) is 24.6 Å². The molecule has 0 aliphatic carbocycles. The van der Waals surface area contributed by atoms with Crippen LogP contribution < -0.4 is 4.87 Å². The topological polar surface area (TPSA) is 99.3 Å². The lowest BCUT2D eigenvalue weighted by Gasteiger charge is -2.10. The predicted molar refractivity (Wildman–Crippen MR) is 102 cm³/mol. The molecule has 140 valence electrons. The second-order valence-electron chi connectivity index (χ2n) is 5.77. The minimum atomic E-state index is -4.00. The molecule has 0 spiro atoms. The lowest BCUT2D eigenvalue weighted by atomic mass is 10.2. The second kappa shape index (κ2) is 7.26. The number of hydrogen-bond acceptors (Lipinski definition) is 6. The lowest BCUT2D eigenvalue weighted by molar-refractivity contribution is -0.384. The van der Waals surface area contributed by atoms with Gasteiger partial charge < -0.3 is 0 Å². The van der Waals surface area contributed by atoms with Crippen LogP contribution in [0.3, 0.4) is 0 Å². The molecule has 1 heterocycles. The highest BCUT2D eigenvalue weighted by Gasteiger charge is 2.28. The fourth-order valence-electron chi connectivity index (χ4n) is 2.49. The number of halogens is 1. The fourth-order valence-corrected chi connectivity index (χ4v) is 5.59. The number of aromatic nitrogens is 1. The summed E-state index contributed by atoms with van der Waals surface area (Å²) in [5.74, 6) is 0. The van der Waals surface area contributed by atoms with Gasteiger partial charge in [-0.3, -0.25) is 19.5 Å². The Morgan fingerprint density at radius 3 is 2.26 bits per heavy atom. The number of hydrogen-bond donors (Lipinski definition) is 0. The van der Waals surface area contributed by atoms with Crippen LogP contribution in [0.25, 0.3) is 0 Å². The van der Waals surface area contributed by atoms with Crippen molar-refractivity contribution in [2.75, 3.05) is 0 Å². The van der Waals surface area contributed by atoms with Crippen molar-refractivity contribution in [2.24, 2.45) is 0 Å². The number of aryl methyl sites for hydroxylation is 1. The van der Waals surface area contributed by atoms with E-state index in [4.69, 9.17) is 11.6 Å². The maximum absolute atomic E-state index is 13.0. The maximum Gasteiger partial charge on any atom is 0.309 e. The number of thiazole rings is 1. The normalized spacial score (nSPS) is 11.5. The lowest BCUT2D eigenvalue weighted by Crippen LogP contribution is -2.20. The Bertz CT molecular complexity index is 1160. The first-order valence-corrected chi connectivity index (χ1v) is 10.3. The molecule has 1 aromatic heterocycles. The van der Waals surface area contributed by atoms with E-state index in [1.165, 1.54) is 36.4 Å². The van der Waals surface area contributed by atoms with Crippen molar-refractivity contribution in [3.05, 3.63) is 83.8 Å². The molecule has 2 aromatic carbocycles. The number of sulfone groups is 1. The Labute approximate surface area is 163 Å². The van der Waals surface area contributed by atoms with Gasteiger partial charge in [0.05, 0.1) is 16.4 Å². The van der Waals surface area contributed by atoms with E-state index in [9.17, 15) is 23.3 Å². The van der Waals surface area contributed by atoms with Gasteiger partial charge >= 0.3 is 4.87 Å². The second-order valence-corrected chi connectivity index (χ2v) is 9.20. The van der Waals surface area contributed by atoms with Gasteiger partial charge in [0.1, 0.15) is 4.34 Å². The first-order chi connectivity index (χ1) is 12.7. The summed E-state index contributed by atoms with van der Waals surface area (Å²) in [6, 6.07) is 11.8. The van der Waals surface area contributed by atoms with Gasteiger partial charge in [-0.2, -0.15) is 0 Å². The van der Waals surface area contributed by atoms with Crippen LogP contribution in [0.4, 0.5) is 5.69 Å². The van der Waals surface area contributed by atoms with E-state index in [1.807, 2.05) is 6.92 Å².